The Morgan fingerprint density at radius 1 is 0.905 bits per heavy atom. The Hall–Kier alpha value is -1.95. The highest BCUT2D eigenvalue weighted by molar-refractivity contribution is 7.87. The summed E-state index contributed by atoms with van der Waals surface area (Å²) in [5.41, 5.74) is 0.450. The van der Waals surface area contributed by atoms with Crippen molar-refractivity contribution in [1.82, 2.24) is 0 Å². The van der Waals surface area contributed by atoms with E-state index < -0.39 is 34.1 Å². The molecule has 0 bridgehead atoms. The fourth-order valence-electron chi connectivity index (χ4n) is 1.61. The molecule has 6 heteroatoms. The van der Waals surface area contributed by atoms with Gasteiger partial charge >= 0.3 is 0 Å². The summed E-state index contributed by atoms with van der Waals surface area (Å²) in [5, 5.41) is 1.18. The first-order valence-corrected chi connectivity index (χ1v) is 7.29. The van der Waals surface area contributed by atoms with Crippen LogP contribution in [0.5, 0.6) is 0 Å². The van der Waals surface area contributed by atoms with Crippen molar-refractivity contribution in [3.63, 3.8) is 0 Å². The molecule has 1 atom stereocenters. The summed E-state index contributed by atoms with van der Waals surface area (Å²) in [6, 6.07) is 7.30. The van der Waals surface area contributed by atoms with Gasteiger partial charge in [-0.05, 0) is 35.9 Å². The Morgan fingerprint density at radius 2 is 1.57 bits per heavy atom. The summed E-state index contributed by atoms with van der Waals surface area (Å²) in [7, 11) is -1.48. The first-order valence-electron chi connectivity index (χ1n) is 5.90. The maximum Gasteiger partial charge on any atom is 0.195 e. The highest BCUT2D eigenvalue weighted by Gasteiger charge is 2.11. The van der Waals surface area contributed by atoms with Crippen LogP contribution in [-0.2, 0) is 16.6 Å². The Bertz CT molecular complexity index is 696. The van der Waals surface area contributed by atoms with Gasteiger partial charge in [0.2, 0.25) is 0 Å². The molecule has 0 radical (unpaired) electrons. The Balaban J connectivity index is 2.09. The van der Waals surface area contributed by atoms with Gasteiger partial charge in [0.1, 0.15) is 5.82 Å². The van der Waals surface area contributed by atoms with E-state index in [0.717, 1.165) is 18.2 Å². The molecule has 110 valence electrons. The van der Waals surface area contributed by atoms with Gasteiger partial charge in [-0.25, -0.2) is 17.6 Å². The molecule has 0 spiro atoms. The average molecular weight is 314 g/mol. The molecule has 21 heavy (non-hydrogen) atoms. The van der Waals surface area contributed by atoms with Gasteiger partial charge in [-0.1, -0.05) is 12.1 Å². The molecular formula is C15H10F4OS. The third-order valence-electron chi connectivity index (χ3n) is 2.69. The number of hydrogen-bond donors (Lipinski definition) is 0. The maximum absolute atomic E-state index is 13.4. The van der Waals surface area contributed by atoms with Crippen LogP contribution in [0, 0.1) is 23.3 Å². The minimum absolute atomic E-state index is 0.113. The van der Waals surface area contributed by atoms with Crippen molar-refractivity contribution < 1.29 is 21.8 Å². The predicted octanol–water partition coefficient (Wildman–Crippen LogP) is 4.16. The van der Waals surface area contributed by atoms with E-state index in [1.165, 1.54) is 29.7 Å². The van der Waals surface area contributed by atoms with E-state index in [1.54, 1.807) is 0 Å². The molecule has 0 saturated heterocycles. The van der Waals surface area contributed by atoms with Crippen molar-refractivity contribution in [3.8, 4) is 0 Å². The molecule has 0 saturated carbocycles. The van der Waals surface area contributed by atoms with Crippen LogP contribution in [-0.4, -0.2) is 4.21 Å². The van der Waals surface area contributed by atoms with Crippen LogP contribution < -0.4 is 0 Å². The number of benzene rings is 2. The fourth-order valence-corrected chi connectivity index (χ4v) is 2.53. The summed E-state index contributed by atoms with van der Waals surface area (Å²) in [6.45, 7) is 0. The minimum Gasteiger partial charge on any atom is -0.255 e. The van der Waals surface area contributed by atoms with E-state index in [1.807, 2.05) is 0 Å². The van der Waals surface area contributed by atoms with Gasteiger partial charge < -0.3 is 0 Å². The van der Waals surface area contributed by atoms with Crippen LogP contribution >= 0.6 is 0 Å². The van der Waals surface area contributed by atoms with E-state index in [2.05, 4.69) is 0 Å². The molecule has 0 N–H and O–H groups in total. The van der Waals surface area contributed by atoms with E-state index >= 15 is 0 Å². The Labute approximate surface area is 121 Å². The van der Waals surface area contributed by atoms with Crippen molar-refractivity contribution >= 4 is 16.9 Å². The lowest BCUT2D eigenvalue weighted by Gasteiger charge is -2.00. The van der Waals surface area contributed by atoms with Crippen molar-refractivity contribution in [2.75, 3.05) is 0 Å². The topological polar surface area (TPSA) is 17.1 Å². The number of hydrogen-bond acceptors (Lipinski definition) is 1. The average Bonchev–Trinajstić information content (AvgIpc) is 2.46. The summed E-state index contributed by atoms with van der Waals surface area (Å²) < 4.78 is 63.6. The summed E-state index contributed by atoms with van der Waals surface area (Å²) in [5.74, 6) is -4.46. The zero-order chi connectivity index (χ0) is 15.4. The van der Waals surface area contributed by atoms with E-state index in [9.17, 15) is 21.8 Å². The minimum atomic E-state index is -1.57. The second kappa shape index (κ2) is 6.67. The van der Waals surface area contributed by atoms with E-state index in [4.69, 9.17) is 0 Å². The molecule has 2 aromatic carbocycles. The highest BCUT2D eigenvalue weighted by Crippen LogP contribution is 2.17. The molecule has 0 aromatic heterocycles. The maximum atomic E-state index is 13.4. The van der Waals surface area contributed by atoms with Gasteiger partial charge in [-0.3, -0.25) is 4.21 Å². The largest absolute Gasteiger partial charge is 0.255 e. The molecule has 0 aliphatic heterocycles. The van der Waals surface area contributed by atoms with Crippen LogP contribution in [0.2, 0.25) is 0 Å². The van der Waals surface area contributed by atoms with Gasteiger partial charge in [0, 0.05) is 11.0 Å². The van der Waals surface area contributed by atoms with Crippen LogP contribution in [0.3, 0.4) is 0 Å². The second-order valence-corrected chi connectivity index (χ2v) is 5.54. The van der Waals surface area contributed by atoms with Gasteiger partial charge in [0.15, 0.2) is 17.5 Å². The lowest BCUT2D eigenvalue weighted by Crippen LogP contribution is -1.94. The first-order chi connectivity index (χ1) is 9.97. The Morgan fingerprint density at radius 3 is 2.24 bits per heavy atom. The monoisotopic (exact) mass is 314 g/mol. The molecule has 0 aliphatic carbocycles. The van der Waals surface area contributed by atoms with Gasteiger partial charge in [0.05, 0.1) is 16.6 Å². The van der Waals surface area contributed by atoms with Crippen molar-refractivity contribution in [3.05, 3.63) is 76.2 Å². The molecule has 0 aliphatic rings. The van der Waals surface area contributed by atoms with E-state index in [-0.39, 0.29) is 11.3 Å². The molecular weight excluding hydrogens is 304 g/mol. The summed E-state index contributed by atoms with van der Waals surface area (Å²) >= 11 is 0. The molecule has 0 heterocycles. The van der Waals surface area contributed by atoms with Crippen molar-refractivity contribution in [2.45, 2.75) is 5.75 Å². The third-order valence-corrected chi connectivity index (χ3v) is 3.74. The van der Waals surface area contributed by atoms with Crippen molar-refractivity contribution in [1.29, 1.82) is 0 Å². The molecule has 1 unspecified atom stereocenters. The fraction of sp³-hybridized carbons (Fsp3) is 0.0667. The van der Waals surface area contributed by atoms with Crippen LogP contribution in [0.4, 0.5) is 17.6 Å². The van der Waals surface area contributed by atoms with Crippen LogP contribution in [0.25, 0.3) is 6.08 Å². The first kappa shape index (κ1) is 15.4. The van der Waals surface area contributed by atoms with E-state index in [0.29, 0.717) is 5.56 Å². The van der Waals surface area contributed by atoms with Crippen LogP contribution in [0.1, 0.15) is 11.1 Å². The second-order valence-electron chi connectivity index (χ2n) is 4.22. The zero-order valence-corrected chi connectivity index (χ0v) is 11.5. The quantitative estimate of drug-likeness (QED) is 0.612. The standard InChI is InChI=1S/C15H10F4OS/c16-12-4-1-10(2-5-12)9-21(20)8-7-11-3-6-13(17)15(19)14(11)18/h1-8H,9H2/b8-7+. The molecule has 2 aromatic rings. The molecule has 1 nitrogen and oxygen atoms in total. The molecule has 0 amide bonds. The highest BCUT2D eigenvalue weighted by atomic mass is 32.2. The lowest BCUT2D eigenvalue weighted by molar-refractivity contribution is 0.446. The van der Waals surface area contributed by atoms with Gasteiger partial charge in [-0.15, -0.1) is 0 Å². The Kier molecular flexibility index (Phi) is 4.90. The third kappa shape index (κ3) is 4.01. The van der Waals surface area contributed by atoms with Gasteiger partial charge in [0.25, 0.3) is 0 Å². The summed E-state index contributed by atoms with van der Waals surface area (Å²) in [4.78, 5) is 0. The predicted molar refractivity (Wildman–Crippen MR) is 73.6 cm³/mol. The smallest absolute Gasteiger partial charge is 0.195 e. The zero-order valence-electron chi connectivity index (χ0n) is 10.7. The number of rotatable bonds is 4. The SMILES string of the molecule is O=S(/C=C/c1ccc(F)c(F)c1F)Cc1ccc(F)cc1. The van der Waals surface area contributed by atoms with Crippen LogP contribution in [0.15, 0.2) is 41.8 Å². The molecule has 0 fully saturated rings. The summed E-state index contributed by atoms with van der Waals surface area (Å²) in [6.07, 6.45) is 1.12. The van der Waals surface area contributed by atoms with Crippen molar-refractivity contribution in [2.24, 2.45) is 0 Å². The lowest BCUT2D eigenvalue weighted by atomic mass is 10.2. The number of halogens is 4. The van der Waals surface area contributed by atoms with Gasteiger partial charge in [-0.2, -0.15) is 0 Å². The normalized spacial score (nSPS) is 12.8. The molecule has 2 rings (SSSR count).